The van der Waals surface area contributed by atoms with E-state index in [1.807, 2.05) is 38.1 Å². The predicted molar refractivity (Wildman–Crippen MR) is 113 cm³/mol. The first-order valence-electron chi connectivity index (χ1n) is 9.89. The Morgan fingerprint density at radius 3 is 2.54 bits per heavy atom. The van der Waals surface area contributed by atoms with Crippen molar-refractivity contribution in [3.05, 3.63) is 58.8 Å². The third-order valence-corrected chi connectivity index (χ3v) is 5.43. The number of piperazine rings is 1. The maximum atomic E-state index is 7.21. The smallest absolute Gasteiger partial charge is 0.225 e. The Kier molecular flexibility index (Phi) is 5.27. The van der Waals surface area contributed by atoms with Crippen LogP contribution in [0.4, 0.5) is 11.6 Å². The molecule has 0 saturated carbocycles. The molecule has 3 heterocycles. The zero-order valence-electron chi connectivity index (χ0n) is 16.6. The predicted octanol–water partition coefficient (Wildman–Crippen LogP) is 3.88. The molecule has 0 unspecified atom stereocenters. The molecule has 28 heavy (non-hydrogen) atoms. The number of rotatable bonds is 5. The molecular weight excluding hydrogens is 348 g/mol. The van der Waals surface area contributed by atoms with Crippen molar-refractivity contribution in [2.45, 2.75) is 26.7 Å². The van der Waals surface area contributed by atoms with Crippen molar-refractivity contribution in [1.82, 2.24) is 19.9 Å². The first kappa shape index (κ1) is 18.5. The Bertz CT molecular complexity index is 987. The van der Waals surface area contributed by atoms with Gasteiger partial charge in [0.15, 0.2) is 5.69 Å². The largest absolute Gasteiger partial charge is 0.361 e. The summed E-state index contributed by atoms with van der Waals surface area (Å²) < 4.78 is 0. The third kappa shape index (κ3) is 4.00. The molecule has 1 N–H and O–H groups in total. The highest BCUT2D eigenvalue weighted by atomic mass is 15.3. The van der Waals surface area contributed by atoms with Gasteiger partial charge in [-0.15, -0.1) is 0 Å². The molecule has 1 fully saturated rings. The number of aromatic amines is 1. The number of hydrogen-bond acceptors (Lipinski definition) is 4. The van der Waals surface area contributed by atoms with Crippen LogP contribution in [0, 0.1) is 20.4 Å². The number of benzene rings is 1. The first-order valence-corrected chi connectivity index (χ1v) is 9.89. The molecule has 4 rings (SSSR count). The van der Waals surface area contributed by atoms with Crippen LogP contribution in [0.15, 0.2) is 30.5 Å². The van der Waals surface area contributed by atoms with Gasteiger partial charge in [-0.1, -0.05) is 6.07 Å². The van der Waals surface area contributed by atoms with Crippen molar-refractivity contribution in [3.8, 4) is 0 Å². The molecule has 0 atom stereocenters. The van der Waals surface area contributed by atoms with E-state index in [1.54, 1.807) is 0 Å². The lowest BCUT2D eigenvalue weighted by atomic mass is 10.1. The average molecular weight is 374 g/mol. The van der Waals surface area contributed by atoms with Gasteiger partial charge in [0.25, 0.3) is 0 Å². The summed E-state index contributed by atoms with van der Waals surface area (Å²) in [6.45, 7) is 16.4. The maximum Gasteiger partial charge on any atom is 0.225 e. The van der Waals surface area contributed by atoms with Gasteiger partial charge in [0, 0.05) is 49.3 Å². The summed E-state index contributed by atoms with van der Waals surface area (Å²) in [6.07, 6.45) is 4.24. The second kappa shape index (κ2) is 7.99. The van der Waals surface area contributed by atoms with E-state index in [4.69, 9.17) is 6.57 Å². The number of fused-ring (bicyclic) bond motifs is 1. The lowest BCUT2D eigenvalue weighted by Gasteiger charge is -2.34. The van der Waals surface area contributed by atoms with E-state index in [-0.39, 0.29) is 0 Å². The summed E-state index contributed by atoms with van der Waals surface area (Å²) in [6, 6.07) is 7.89. The number of nitrogens with zero attached hydrogens (tertiary/aromatic N) is 5. The first-order chi connectivity index (χ1) is 13.6. The molecule has 144 valence electrons. The second-order valence-corrected chi connectivity index (χ2v) is 7.54. The van der Waals surface area contributed by atoms with Gasteiger partial charge in [0.1, 0.15) is 0 Å². The van der Waals surface area contributed by atoms with Crippen molar-refractivity contribution in [2.75, 3.05) is 37.6 Å². The van der Waals surface area contributed by atoms with Crippen LogP contribution in [-0.4, -0.2) is 52.6 Å². The van der Waals surface area contributed by atoms with Gasteiger partial charge in [-0.05, 0) is 62.4 Å². The lowest BCUT2D eigenvalue weighted by molar-refractivity contribution is 0.254. The molecule has 2 aromatic heterocycles. The number of H-pyrrole nitrogens is 1. The van der Waals surface area contributed by atoms with Gasteiger partial charge in [0.05, 0.1) is 6.57 Å². The van der Waals surface area contributed by atoms with E-state index in [0.29, 0.717) is 5.69 Å². The van der Waals surface area contributed by atoms with E-state index in [2.05, 4.69) is 35.8 Å². The van der Waals surface area contributed by atoms with Crippen LogP contribution in [0.5, 0.6) is 0 Å². The van der Waals surface area contributed by atoms with Crippen LogP contribution in [0.3, 0.4) is 0 Å². The summed E-state index contributed by atoms with van der Waals surface area (Å²) in [5.41, 5.74) is 5.19. The highest BCUT2D eigenvalue weighted by Gasteiger charge is 2.19. The quantitative estimate of drug-likeness (QED) is 0.689. The number of aromatic nitrogens is 3. The van der Waals surface area contributed by atoms with Crippen molar-refractivity contribution < 1.29 is 0 Å². The van der Waals surface area contributed by atoms with Gasteiger partial charge >= 0.3 is 0 Å². The lowest BCUT2D eigenvalue weighted by Crippen LogP contribution is -2.47. The molecule has 1 aromatic carbocycles. The third-order valence-electron chi connectivity index (χ3n) is 5.43. The fourth-order valence-electron chi connectivity index (χ4n) is 3.96. The van der Waals surface area contributed by atoms with E-state index in [0.717, 1.165) is 68.4 Å². The van der Waals surface area contributed by atoms with Gasteiger partial charge in [-0.25, -0.2) is 14.8 Å². The minimum absolute atomic E-state index is 0.707. The summed E-state index contributed by atoms with van der Waals surface area (Å²) in [4.78, 5) is 20.9. The summed E-state index contributed by atoms with van der Waals surface area (Å²) in [5, 5.41) is 1.19. The minimum atomic E-state index is 0.707. The summed E-state index contributed by atoms with van der Waals surface area (Å²) in [5.74, 6) is 0.867. The molecule has 0 aliphatic carbocycles. The van der Waals surface area contributed by atoms with Crippen LogP contribution in [0.2, 0.25) is 0 Å². The molecular formula is C22H26N6. The Labute approximate surface area is 166 Å². The Morgan fingerprint density at radius 2 is 1.82 bits per heavy atom. The van der Waals surface area contributed by atoms with E-state index in [1.165, 1.54) is 10.9 Å². The molecule has 1 aliphatic heterocycles. The molecule has 0 spiro atoms. The van der Waals surface area contributed by atoms with E-state index < -0.39 is 0 Å². The van der Waals surface area contributed by atoms with Crippen molar-refractivity contribution >= 4 is 22.5 Å². The fourth-order valence-corrected chi connectivity index (χ4v) is 3.96. The number of anilines is 1. The molecule has 3 aromatic rings. The van der Waals surface area contributed by atoms with Crippen LogP contribution >= 0.6 is 0 Å². The molecule has 0 amide bonds. The van der Waals surface area contributed by atoms with Gasteiger partial charge in [-0.3, -0.25) is 4.90 Å². The second-order valence-electron chi connectivity index (χ2n) is 7.54. The normalized spacial score (nSPS) is 15.1. The van der Waals surface area contributed by atoms with E-state index >= 15 is 0 Å². The van der Waals surface area contributed by atoms with Crippen LogP contribution in [0.25, 0.3) is 15.7 Å². The van der Waals surface area contributed by atoms with Crippen LogP contribution in [-0.2, 0) is 6.42 Å². The van der Waals surface area contributed by atoms with Crippen LogP contribution in [0.1, 0.15) is 23.4 Å². The number of aryl methyl sites for hydroxylation is 3. The van der Waals surface area contributed by atoms with Gasteiger partial charge in [-0.2, -0.15) is 0 Å². The van der Waals surface area contributed by atoms with Crippen molar-refractivity contribution in [3.63, 3.8) is 0 Å². The standard InChI is InChI=1S/C22H26N6/c1-16-13-17(2)26-22(25-16)28-11-9-27(10-12-28)8-4-5-18-15-24-21-7-6-19(23-3)14-20(18)21/h6-7,13-15,24H,4-5,8-12H2,1-2H3. The Balaban J connectivity index is 1.30. The molecule has 0 bridgehead atoms. The minimum Gasteiger partial charge on any atom is -0.361 e. The zero-order valence-corrected chi connectivity index (χ0v) is 16.6. The molecule has 6 heteroatoms. The SMILES string of the molecule is [C-]#[N+]c1ccc2[nH]cc(CCCN3CCN(c4nc(C)cc(C)n4)CC3)c2c1. The van der Waals surface area contributed by atoms with Crippen molar-refractivity contribution in [2.24, 2.45) is 0 Å². The fraction of sp³-hybridized carbons (Fsp3) is 0.409. The number of nitrogens with one attached hydrogen (secondary N) is 1. The summed E-state index contributed by atoms with van der Waals surface area (Å²) in [7, 11) is 0. The van der Waals surface area contributed by atoms with Gasteiger partial charge in [0.2, 0.25) is 5.95 Å². The maximum absolute atomic E-state index is 7.21. The highest BCUT2D eigenvalue weighted by Crippen LogP contribution is 2.25. The Hall–Kier alpha value is -2.91. The zero-order chi connectivity index (χ0) is 19.5. The molecule has 6 nitrogen and oxygen atoms in total. The molecule has 0 radical (unpaired) electrons. The monoisotopic (exact) mass is 374 g/mol. The number of hydrogen-bond donors (Lipinski definition) is 1. The topological polar surface area (TPSA) is 52.4 Å². The van der Waals surface area contributed by atoms with Crippen molar-refractivity contribution in [1.29, 1.82) is 0 Å². The molecule has 1 saturated heterocycles. The summed E-state index contributed by atoms with van der Waals surface area (Å²) >= 11 is 0. The van der Waals surface area contributed by atoms with Gasteiger partial charge < -0.3 is 9.88 Å². The highest BCUT2D eigenvalue weighted by molar-refractivity contribution is 5.86. The Morgan fingerprint density at radius 1 is 1.07 bits per heavy atom. The molecule has 1 aliphatic rings. The van der Waals surface area contributed by atoms with E-state index in [9.17, 15) is 0 Å². The van der Waals surface area contributed by atoms with Crippen LogP contribution < -0.4 is 4.90 Å². The average Bonchev–Trinajstić information content (AvgIpc) is 3.10.